The number of benzene rings is 2. The van der Waals surface area contributed by atoms with Gasteiger partial charge in [-0.2, -0.15) is 0 Å². The Morgan fingerprint density at radius 3 is 2.23 bits per heavy atom. The van der Waals surface area contributed by atoms with Crippen LogP contribution in [-0.2, 0) is 9.47 Å². The first-order chi connectivity index (χ1) is 16.7. The number of aromatic nitrogens is 1. The first kappa shape index (κ1) is 24.1. The van der Waals surface area contributed by atoms with Gasteiger partial charge in [0.15, 0.2) is 6.61 Å². The second-order valence-corrected chi connectivity index (χ2v) is 8.50. The van der Waals surface area contributed by atoms with E-state index in [0.717, 1.165) is 16.3 Å². The molecule has 0 saturated carbocycles. The van der Waals surface area contributed by atoms with Gasteiger partial charge in [-0.3, -0.25) is 14.4 Å². The number of hydrogen-bond acceptors (Lipinski definition) is 6. The maximum atomic E-state index is 12.8. The molecule has 1 aliphatic rings. The van der Waals surface area contributed by atoms with Gasteiger partial charge in [0, 0.05) is 24.1 Å². The zero-order valence-electron chi connectivity index (χ0n) is 20.0. The molecule has 2 heterocycles. The van der Waals surface area contributed by atoms with E-state index in [1.54, 1.807) is 49.6 Å². The average Bonchev–Trinajstić information content (AvgIpc) is 3.29. The normalized spacial score (nSPS) is 13.7. The van der Waals surface area contributed by atoms with Crippen LogP contribution >= 0.6 is 0 Å². The molecule has 2 aromatic carbocycles. The summed E-state index contributed by atoms with van der Waals surface area (Å²) in [5, 5.41) is 0. The van der Waals surface area contributed by atoms with E-state index >= 15 is 0 Å². The van der Waals surface area contributed by atoms with E-state index in [2.05, 4.69) is 0 Å². The summed E-state index contributed by atoms with van der Waals surface area (Å²) in [4.78, 5) is 52.0. The molecule has 8 heteroatoms. The Morgan fingerprint density at radius 2 is 1.60 bits per heavy atom. The predicted octanol–water partition coefficient (Wildman–Crippen LogP) is 4.15. The molecule has 0 bridgehead atoms. The number of anilines is 1. The summed E-state index contributed by atoms with van der Waals surface area (Å²) in [5.41, 5.74) is 3.19. The zero-order chi connectivity index (χ0) is 25.3. The van der Waals surface area contributed by atoms with Crippen LogP contribution in [0.2, 0.25) is 0 Å². The van der Waals surface area contributed by atoms with Crippen molar-refractivity contribution in [3.8, 4) is 0 Å². The molecule has 35 heavy (non-hydrogen) atoms. The van der Waals surface area contributed by atoms with Crippen molar-refractivity contribution in [3.05, 3.63) is 88.2 Å². The van der Waals surface area contributed by atoms with Gasteiger partial charge in [0.1, 0.15) is 0 Å². The fraction of sp³-hybridized carbons (Fsp3) is 0.259. The van der Waals surface area contributed by atoms with Crippen LogP contribution in [0.1, 0.15) is 65.8 Å². The topological polar surface area (TPSA) is 94.9 Å². The molecule has 0 aliphatic carbocycles. The summed E-state index contributed by atoms with van der Waals surface area (Å²) < 4.78 is 12.5. The highest BCUT2D eigenvalue weighted by Gasteiger charge is 2.36. The van der Waals surface area contributed by atoms with E-state index in [4.69, 9.17) is 9.47 Å². The molecular weight excluding hydrogens is 448 g/mol. The van der Waals surface area contributed by atoms with Gasteiger partial charge >= 0.3 is 5.97 Å². The lowest BCUT2D eigenvalue weighted by molar-refractivity contribution is 0.0474. The number of esters is 1. The number of carbonyl (C=O) groups is 4. The van der Waals surface area contributed by atoms with Gasteiger partial charge in [-0.1, -0.05) is 18.2 Å². The van der Waals surface area contributed by atoms with Gasteiger partial charge in [-0.25, -0.2) is 9.69 Å². The van der Waals surface area contributed by atoms with Crippen molar-refractivity contribution in [2.24, 2.45) is 0 Å². The van der Waals surface area contributed by atoms with E-state index in [1.165, 1.54) is 12.1 Å². The van der Waals surface area contributed by atoms with Crippen LogP contribution in [0, 0.1) is 13.8 Å². The first-order valence-electron chi connectivity index (χ1n) is 11.2. The smallest absolute Gasteiger partial charge is 0.338 e. The molecule has 1 aromatic heterocycles. The second-order valence-electron chi connectivity index (χ2n) is 8.50. The minimum Gasteiger partial charge on any atom is -0.454 e. The number of imide groups is 1. The summed E-state index contributed by atoms with van der Waals surface area (Å²) in [7, 11) is 1.62. The number of Topliss-reactive ketones (excluding diaryl/α,β-unsaturated/α-hetero) is 1. The van der Waals surface area contributed by atoms with Gasteiger partial charge in [-0.05, 0) is 57.2 Å². The van der Waals surface area contributed by atoms with Crippen LogP contribution in [0.3, 0.4) is 0 Å². The van der Waals surface area contributed by atoms with Crippen molar-refractivity contribution >= 4 is 29.3 Å². The molecule has 1 aliphatic heterocycles. The Morgan fingerprint density at radius 1 is 0.943 bits per heavy atom. The molecule has 0 saturated heterocycles. The average molecular weight is 475 g/mol. The zero-order valence-corrected chi connectivity index (χ0v) is 20.0. The highest BCUT2D eigenvalue weighted by molar-refractivity contribution is 6.34. The van der Waals surface area contributed by atoms with Gasteiger partial charge in [-0.15, -0.1) is 0 Å². The van der Waals surface area contributed by atoms with Crippen molar-refractivity contribution in [1.29, 1.82) is 0 Å². The monoisotopic (exact) mass is 474 g/mol. The van der Waals surface area contributed by atoms with Crippen molar-refractivity contribution in [2.45, 2.75) is 26.8 Å². The van der Waals surface area contributed by atoms with Gasteiger partial charge < -0.3 is 14.0 Å². The number of hydrogen-bond donors (Lipinski definition) is 0. The maximum absolute atomic E-state index is 12.8. The minimum atomic E-state index is -0.724. The van der Waals surface area contributed by atoms with Crippen LogP contribution in [-0.4, -0.2) is 48.5 Å². The van der Waals surface area contributed by atoms with Crippen molar-refractivity contribution in [2.75, 3.05) is 25.2 Å². The van der Waals surface area contributed by atoms with E-state index in [0.29, 0.717) is 23.3 Å². The van der Waals surface area contributed by atoms with E-state index < -0.39 is 24.4 Å². The lowest BCUT2D eigenvalue weighted by Crippen LogP contribution is -2.29. The third kappa shape index (κ3) is 4.40. The third-order valence-corrected chi connectivity index (χ3v) is 6.10. The number of methoxy groups -OCH3 is 1. The maximum Gasteiger partial charge on any atom is 0.338 e. The van der Waals surface area contributed by atoms with Gasteiger partial charge in [0.2, 0.25) is 5.78 Å². The Labute approximate surface area is 203 Å². The first-order valence-corrected chi connectivity index (χ1v) is 11.2. The summed E-state index contributed by atoms with van der Waals surface area (Å²) >= 11 is 0. The number of aryl methyl sites for hydroxylation is 1. The fourth-order valence-corrected chi connectivity index (χ4v) is 4.54. The Kier molecular flexibility index (Phi) is 6.66. The standard InChI is InChI=1S/C27H26N2O6/c1-16-12-23(18(3)28(16)17(2)14-34-4)24(30)15-35-27(33)19-8-7-9-20(13-19)29-25(31)21-10-5-6-11-22(21)26(29)32/h5-13,17H,14-15H2,1-4H3. The van der Waals surface area contributed by atoms with Crippen LogP contribution in [0.5, 0.6) is 0 Å². The Hall–Kier alpha value is -4.04. The lowest BCUT2D eigenvalue weighted by Gasteiger charge is -2.17. The third-order valence-electron chi connectivity index (χ3n) is 6.10. The lowest BCUT2D eigenvalue weighted by atomic mass is 10.1. The highest BCUT2D eigenvalue weighted by atomic mass is 16.5. The SMILES string of the molecule is COCC(C)n1c(C)cc(C(=O)COC(=O)c2cccc(N3C(=O)c4ccccc4C3=O)c2)c1C. The molecule has 0 N–H and O–H groups in total. The Bertz CT molecular complexity index is 1300. The van der Waals surface area contributed by atoms with E-state index in [9.17, 15) is 19.2 Å². The summed E-state index contributed by atoms with van der Waals surface area (Å²) in [6.45, 7) is 5.83. The fourth-order valence-electron chi connectivity index (χ4n) is 4.54. The number of nitrogens with zero attached hydrogens (tertiary/aromatic N) is 2. The van der Waals surface area contributed by atoms with Crippen LogP contribution < -0.4 is 4.90 Å². The molecule has 4 rings (SSSR count). The van der Waals surface area contributed by atoms with Crippen LogP contribution in [0.25, 0.3) is 0 Å². The van der Waals surface area contributed by atoms with Crippen LogP contribution in [0.4, 0.5) is 5.69 Å². The van der Waals surface area contributed by atoms with E-state index in [-0.39, 0.29) is 23.1 Å². The molecule has 180 valence electrons. The van der Waals surface area contributed by atoms with Crippen molar-refractivity contribution < 1.29 is 28.7 Å². The van der Waals surface area contributed by atoms with Crippen molar-refractivity contribution in [3.63, 3.8) is 0 Å². The highest BCUT2D eigenvalue weighted by Crippen LogP contribution is 2.29. The van der Waals surface area contributed by atoms with Crippen molar-refractivity contribution in [1.82, 2.24) is 4.57 Å². The van der Waals surface area contributed by atoms with Crippen LogP contribution in [0.15, 0.2) is 54.6 Å². The Balaban J connectivity index is 1.47. The molecule has 3 aromatic rings. The molecule has 0 radical (unpaired) electrons. The van der Waals surface area contributed by atoms with Gasteiger partial charge in [0.25, 0.3) is 11.8 Å². The predicted molar refractivity (Wildman–Crippen MR) is 129 cm³/mol. The number of ether oxygens (including phenoxy) is 2. The quantitative estimate of drug-likeness (QED) is 0.277. The molecule has 1 unspecified atom stereocenters. The molecular formula is C27H26N2O6. The largest absolute Gasteiger partial charge is 0.454 e. The molecule has 8 nitrogen and oxygen atoms in total. The summed E-state index contributed by atoms with van der Waals surface area (Å²) in [6.07, 6.45) is 0. The minimum absolute atomic E-state index is 0.0500. The number of fused-ring (bicyclic) bond motifs is 1. The summed E-state index contributed by atoms with van der Waals surface area (Å²) in [6, 6.07) is 14.4. The molecule has 0 fully saturated rings. The molecule has 0 spiro atoms. The number of rotatable bonds is 8. The number of amides is 2. The molecule has 2 amide bonds. The summed E-state index contributed by atoms with van der Waals surface area (Å²) in [5.74, 6) is -1.95. The van der Waals surface area contributed by atoms with E-state index in [1.807, 2.05) is 25.3 Å². The number of ketones is 1. The second kappa shape index (κ2) is 9.68. The molecule has 1 atom stereocenters. The van der Waals surface area contributed by atoms with Gasteiger partial charge in [0.05, 0.1) is 35.0 Å². The number of carbonyl (C=O) groups excluding carboxylic acids is 4.